The zero-order chi connectivity index (χ0) is 21.3. The lowest BCUT2D eigenvalue weighted by Gasteiger charge is -2.12. The van der Waals surface area contributed by atoms with Crippen LogP contribution in [0.5, 0.6) is 11.5 Å². The monoisotopic (exact) mass is 426 g/mol. The van der Waals surface area contributed by atoms with Crippen molar-refractivity contribution in [1.82, 2.24) is 0 Å². The molecule has 1 atom stereocenters. The number of aromatic hydroxyl groups is 2. The Morgan fingerprint density at radius 3 is 1.97 bits per heavy atom. The normalized spacial score (nSPS) is 12.6. The summed E-state index contributed by atoms with van der Waals surface area (Å²) in [5.41, 5.74) is 0. The molecule has 0 heterocycles. The van der Waals surface area contributed by atoms with Crippen molar-refractivity contribution in [2.75, 3.05) is 6.16 Å². The molecule has 3 aromatic rings. The molecule has 1 unspecified atom stereocenters. The molecule has 0 amide bonds. The highest BCUT2D eigenvalue weighted by Crippen LogP contribution is 2.40. The maximum atomic E-state index is 13.1. The van der Waals surface area contributed by atoms with Crippen LogP contribution >= 0.6 is 7.80 Å². The van der Waals surface area contributed by atoms with Crippen molar-refractivity contribution < 1.29 is 14.8 Å². The third kappa shape index (κ3) is 5.58. The first-order chi connectivity index (χ1) is 14.6. The average molecular weight is 427 g/mol. The minimum Gasteiger partial charge on any atom is -0.507 e. The number of phenols is 2. The van der Waals surface area contributed by atoms with Crippen LogP contribution in [0.25, 0.3) is 21.5 Å². The van der Waals surface area contributed by atoms with E-state index >= 15 is 0 Å². The summed E-state index contributed by atoms with van der Waals surface area (Å²) in [7, 11) is -1.99. The van der Waals surface area contributed by atoms with Crippen molar-refractivity contribution in [2.45, 2.75) is 71.1 Å². The highest BCUT2D eigenvalue weighted by molar-refractivity contribution is 7.54. The van der Waals surface area contributed by atoms with E-state index in [-0.39, 0.29) is 11.5 Å². The predicted octanol–water partition coefficient (Wildman–Crippen LogP) is 7.51. The summed E-state index contributed by atoms with van der Waals surface area (Å²) in [6, 6.07) is 12.9. The van der Waals surface area contributed by atoms with Gasteiger partial charge in [0.05, 0.1) is 5.39 Å². The van der Waals surface area contributed by atoms with E-state index in [0.29, 0.717) is 16.9 Å². The molecule has 0 radical (unpaired) electrons. The molecule has 3 rings (SSSR count). The molecule has 0 aliphatic rings. The third-order valence-corrected chi connectivity index (χ3v) is 7.84. The first-order valence-corrected chi connectivity index (χ1v) is 13.1. The van der Waals surface area contributed by atoms with Crippen LogP contribution in [0.2, 0.25) is 0 Å². The fourth-order valence-corrected chi connectivity index (χ4v) is 5.99. The smallest absolute Gasteiger partial charge is 0.135 e. The first kappa shape index (κ1) is 22.7. The second kappa shape index (κ2) is 11.4. The Morgan fingerprint density at radius 1 is 0.733 bits per heavy atom. The molecular formula is C26H35O3P. The molecule has 3 nitrogen and oxygen atoms in total. The van der Waals surface area contributed by atoms with Crippen molar-refractivity contribution in [3.8, 4) is 11.5 Å². The molecule has 30 heavy (non-hydrogen) atoms. The summed E-state index contributed by atoms with van der Waals surface area (Å²) in [6.07, 6.45) is 13.3. The number of phenolic OH excluding ortho intramolecular Hbond substituents is 2. The summed E-state index contributed by atoms with van der Waals surface area (Å²) < 4.78 is 13.1. The fraction of sp³-hybridized carbons (Fsp3) is 0.462. The minimum atomic E-state index is -1.99. The second-order valence-corrected chi connectivity index (χ2v) is 10.2. The van der Waals surface area contributed by atoms with Gasteiger partial charge in [-0.05, 0) is 29.3 Å². The lowest BCUT2D eigenvalue weighted by Crippen LogP contribution is -2.01. The predicted molar refractivity (Wildman–Crippen MR) is 130 cm³/mol. The van der Waals surface area contributed by atoms with E-state index in [1.54, 1.807) is 12.1 Å². The molecule has 0 spiro atoms. The molecule has 0 saturated heterocycles. The van der Waals surface area contributed by atoms with Gasteiger partial charge in [-0.15, -0.1) is 0 Å². The Bertz CT molecular complexity index is 996. The van der Waals surface area contributed by atoms with E-state index in [9.17, 15) is 14.8 Å². The van der Waals surface area contributed by atoms with Gasteiger partial charge in [-0.1, -0.05) is 95.0 Å². The first-order valence-electron chi connectivity index (χ1n) is 11.5. The van der Waals surface area contributed by atoms with E-state index in [1.165, 1.54) is 51.4 Å². The number of rotatable bonds is 12. The van der Waals surface area contributed by atoms with Gasteiger partial charge in [0.25, 0.3) is 0 Å². The molecule has 3 aromatic carbocycles. The van der Waals surface area contributed by atoms with Gasteiger partial charge in [0.1, 0.15) is 19.3 Å². The number of hydrogen-bond acceptors (Lipinski definition) is 3. The Hall–Kier alpha value is -1.99. The van der Waals surface area contributed by atoms with Crippen molar-refractivity contribution in [3.63, 3.8) is 0 Å². The molecule has 4 heteroatoms. The van der Waals surface area contributed by atoms with Gasteiger partial charge in [-0.2, -0.15) is 0 Å². The summed E-state index contributed by atoms with van der Waals surface area (Å²) in [4.78, 5) is 0. The second-order valence-electron chi connectivity index (χ2n) is 8.36. The van der Waals surface area contributed by atoms with Crippen LogP contribution in [0.3, 0.4) is 0 Å². The lowest BCUT2D eigenvalue weighted by atomic mass is 10.0. The van der Waals surface area contributed by atoms with E-state index in [2.05, 4.69) is 6.92 Å². The van der Waals surface area contributed by atoms with Crippen LogP contribution in [0.4, 0.5) is 0 Å². The Balaban J connectivity index is 1.59. The molecule has 0 aliphatic carbocycles. The third-order valence-electron chi connectivity index (χ3n) is 6.01. The fourth-order valence-electron chi connectivity index (χ4n) is 4.32. The lowest BCUT2D eigenvalue weighted by molar-refractivity contribution is 0.467. The quantitative estimate of drug-likeness (QED) is 0.179. The summed E-state index contributed by atoms with van der Waals surface area (Å²) in [6.45, 7) is 2.25. The zero-order valence-corrected chi connectivity index (χ0v) is 19.1. The number of fused-ring (bicyclic) bond motifs is 2. The van der Waals surface area contributed by atoms with Crippen molar-refractivity contribution in [1.29, 1.82) is 0 Å². The van der Waals surface area contributed by atoms with E-state index in [4.69, 9.17) is 0 Å². The number of unbranched alkanes of at least 4 members (excludes halogenated alkanes) is 9. The molecule has 0 bridgehead atoms. The minimum absolute atomic E-state index is 0.0395. The maximum absolute atomic E-state index is 13.1. The van der Waals surface area contributed by atoms with Gasteiger partial charge in [-0.25, -0.2) is 0 Å². The van der Waals surface area contributed by atoms with Gasteiger partial charge in [0.2, 0.25) is 0 Å². The highest BCUT2D eigenvalue weighted by Gasteiger charge is 2.16. The Labute approximate surface area is 180 Å². The van der Waals surface area contributed by atoms with Crippen molar-refractivity contribution in [3.05, 3.63) is 42.5 Å². The van der Waals surface area contributed by atoms with Crippen LogP contribution in [0.1, 0.15) is 71.1 Å². The van der Waals surface area contributed by atoms with Crippen LogP contribution in [-0.4, -0.2) is 16.4 Å². The van der Waals surface area contributed by atoms with Gasteiger partial charge in [-0.3, -0.25) is 0 Å². The van der Waals surface area contributed by atoms with E-state index in [1.807, 2.05) is 30.3 Å². The Morgan fingerprint density at radius 2 is 1.30 bits per heavy atom. The van der Waals surface area contributed by atoms with Crippen LogP contribution in [0, 0.1) is 0 Å². The molecule has 162 valence electrons. The molecule has 0 fully saturated rings. The van der Waals surface area contributed by atoms with Crippen molar-refractivity contribution >= 4 is 34.7 Å². The zero-order valence-electron chi connectivity index (χ0n) is 18.1. The summed E-state index contributed by atoms with van der Waals surface area (Å²) in [5.74, 6) is 0.0914. The Kier molecular flexibility index (Phi) is 8.63. The highest BCUT2D eigenvalue weighted by atomic mass is 31.1. The van der Waals surface area contributed by atoms with Crippen molar-refractivity contribution in [2.24, 2.45) is 0 Å². The molecule has 0 aliphatic heterocycles. The molecule has 0 saturated carbocycles. The van der Waals surface area contributed by atoms with Gasteiger partial charge in [0, 0.05) is 16.9 Å². The van der Waals surface area contributed by atoms with E-state index in [0.717, 1.165) is 28.9 Å². The van der Waals surface area contributed by atoms with E-state index < -0.39 is 7.80 Å². The van der Waals surface area contributed by atoms with Gasteiger partial charge < -0.3 is 14.8 Å². The van der Waals surface area contributed by atoms with Crippen LogP contribution < -0.4 is 5.30 Å². The topological polar surface area (TPSA) is 57.5 Å². The van der Waals surface area contributed by atoms with Crippen LogP contribution in [-0.2, 0) is 4.57 Å². The number of benzene rings is 3. The molecule has 0 aromatic heterocycles. The summed E-state index contributed by atoms with van der Waals surface area (Å²) in [5, 5.41) is 24.5. The summed E-state index contributed by atoms with van der Waals surface area (Å²) >= 11 is 0. The molecule has 2 N–H and O–H groups in total. The number of hydrogen-bond donors (Lipinski definition) is 2. The SMILES string of the molecule is CCCCCCCCCCCC[PH](=O)c1cccc2cc3cccc(O)c3c(O)c12. The standard InChI is InChI=1S/C26H35O3P/c1-2-3-4-5-6-7-8-9-10-11-18-30(29)23-17-13-15-21-19-20-14-12-16-22(27)24(20)26(28)25(21)23/h12-17,19,27-28,30H,2-11,18H2,1H3. The van der Waals surface area contributed by atoms with Gasteiger partial charge in [0.15, 0.2) is 0 Å². The average Bonchev–Trinajstić information content (AvgIpc) is 2.74. The van der Waals surface area contributed by atoms with Gasteiger partial charge >= 0.3 is 0 Å². The molecular weight excluding hydrogens is 391 g/mol. The maximum Gasteiger partial charge on any atom is 0.135 e. The largest absolute Gasteiger partial charge is 0.507 e. The van der Waals surface area contributed by atoms with Crippen LogP contribution in [0.15, 0.2) is 42.5 Å².